The van der Waals surface area contributed by atoms with E-state index in [9.17, 15) is 0 Å². The quantitative estimate of drug-likeness (QED) is 0.803. The molecule has 1 aromatic heterocycles. The topological polar surface area (TPSA) is 12.0 Å². The van der Waals surface area contributed by atoms with Crippen LogP contribution in [0.3, 0.4) is 0 Å². The van der Waals surface area contributed by atoms with Gasteiger partial charge in [0.05, 0.1) is 0 Å². The van der Waals surface area contributed by atoms with E-state index in [0.29, 0.717) is 0 Å². The molecule has 0 radical (unpaired) electrons. The lowest BCUT2D eigenvalue weighted by Crippen LogP contribution is -2.33. The van der Waals surface area contributed by atoms with E-state index in [4.69, 9.17) is 0 Å². The molecule has 3 unspecified atom stereocenters. The maximum atomic E-state index is 3.41. The molecule has 1 aliphatic carbocycles. The van der Waals surface area contributed by atoms with E-state index in [1.165, 1.54) is 38.6 Å². The van der Waals surface area contributed by atoms with E-state index in [1.807, 2.05) is 11.3 Å². The minimum atomic E-state index is 0.860. The Kier molecular flexibility index (Phi) is 5.90. The van der Waals surface area contributed by atoms with E-state index in [2.05, 4.69) is 43.0 Å². The molecule has 1 fully saturated rings. The first-order valence-electron chi connectivity index (χ1n) is 7.86. The van der Waals surface area contributed by atoms with Crippen LogP contribution in [0.5, 0.6) is 0 Å². The van der Waals surface area contributed by atoms with Crippen molar-refractivity contribution in [2.24, 2.45) is 23.7 Å². The number of hydrogen-bond donors (Lipinski definition) is 1. The fraction of sp³-hybridized carbons (Fsp3) is 0.765. The minimum Gasteiger partial charge on any atom is -0.319 e. The molecule has 0 aliphatic heterocycles. The van der Waals surface area contributed by atoms with Crippen molar-refractivity contribution in [1.82, 2.24) is 5.32 Å². The van der Waals surface area contributed by atoms with Gasteiger partial charge in [0.2, 0.25) is 0 Å². The van der Waals surface area contributed by atoms with Gasteiger partial charge in [0, 0.05) is 0 Å². The van der Waals surface area contributed by atoms with Gasteiger partial charge in [-0.1, -0.05) is 13.8 Å². The number of rotatable bonds is 6. The highest BCUT2D eigenvalue weighted by atomic mass is 32.1. The summed E-state index contributed by atoms with van der Waals surface area (Å²) in [6.45, 7) is 6.01. The van der Waals surface area contributed by atoms with E-state index >= 15 is 0 Å². The Hall–Kier alpha value is -0.340. The minimum absolute atomic E-state index is 0.860. The van der Waals surface area contributed by atoms with Gasteiger partial charge in [0.25, 0.3) is 0 Å². The summed E-state index contributed by atoms with van der Waals surface area (Å²) in [6, 6.07) is 2.29. The molecule has 1 N–H and O–H groups in total. The third-order valence-corrected chi connectivity index (χ3v) is 5.71. The van der Waals surface area contributed by atoms with E-state index in [0.717, 1.165) is 23.7 Å². The van der Waals surface area contributed by atoms with Crippen molar-refractivity contribution in [3.63, 3.8) is 0 Å². The summed E-state index contributed by atoms with van der Waals surface area (Å²) in [6.07, 6.45) is 6.98. The summed E-state index contributed by atoms with van der Waals surface area (Å²) in [5.41, 5.74) is 1.54. The highest BCUT2D eigenvalue weighted by Gasteiger charge is 2.30. The van der Waals surface area contributed by atoms with E-state index in [1.54, 1.807) is 5.56 Å². The van der Waals surface area contributed by atoms with Gasteiger partial charge in [-0.25, -0.2) is 0 Å². The SMILES string of the molecule is CNCC1CCC(C(C)C)CC1CCc1ccsc1. The predicted molar refractivity (Wildman–Crippen MR) is 85.7 cm³/mol. The summed E-state index contributed by atoms with van der Waals surface area (Å²) in [5, 5.41) is 7.93. The molecule has 0 amide bonds. The zero-order valence-corrected chi connectivity index (χ0v) is 13.5. The van der Waals surface area contributed by atoms with Gasteiger partial charge < -0.3 is 5.32 Å². The highest BCUT2D eigenvalue weighted by molar-refractivity contribution is 7.07. The molecule has 1 heterocycles. The van der Waals surface area contributed by atoms with Crippen LogP contribution in [-0.4, -0.2) is 13.6 Å². The lowest BCUT2D eigenvalue weighted by molar-refractivity contribution is 0.139. The molecular weight excluding hydrogens is 250 g/mol. The average Bonchev–Trinajstić information content (AvgIpc) is 2.90. The van der Waals surface area contributed by atoms with Gasteiger partial charge in [-0.15, -0.1) is 0 Å². The standard InChI is InChI=1S/C17H29NS/c1-13(2)15-6-7-17(11-18-3)16(10-15)5-4-14-8-9-19-12-14/h8-9,12-13,15-18H,4-7,10-11H2,1-3H3. The van der Waals surface area contributed by atoms with Gasteiger partial charge in [0.15, 0.2) is 0 Å². The molecular formula is C17H29NS. The van der Waals surface area contributed by atoms with E-state index in [-0.39, 0.29) is 0 Å². The first kappa shape index (κ1) is 15.1. The normalized spacial score (nSPS) is 27.9. The Morgan fingerprint density at radius 3 is 2.79 bits per heavy atom. The van der Waals surface area contributed by atoms with E-state index < -0.39 is 0 Å². The van der Waals surface area contributed by atoms with Crippen LogP contribution < -0.4 is 5.32 Å². The molecule has 108 valence electrons. The second-order valence-corrected chi connectivity index (χ2v) is 7.35. The molecule has 19 heavy (non-hydrogen) atoms. The first-order valence-corrected chi connectivity index (χ1v) is 8.80. The Labute approximate surface area is 122 Å². The van der Waals surface area contributed by atoms with Gasteiger partial charge in [-0.05, 0) is 91.8 Å². The second kappa shape index (κ2) is 7.44. The van der Waals surface area contributed by atoms with Crippen LogP contribution >= 0.6 is 11.3 Å². The molecule has 2 heteroatoms. The first-order chi connectivity index (χ1) is 9.20. The summed E-state index contributed by atoms with van der Waals surface area (Å²) >= 11 is 1.83. The molecule has 1 nitrogen and oxygen atoms in total. The Morgan fingerprint density at radius 2 is 2.16 bits per heavy atom. The lowest BCUT2D eigenvalue weighted by Gasteiger charge is -2.38. The van der Waals surface area contributed by atoms with Crippen LogP contribution in [0.4, 0.5) is 0 Å². The molecule has 0 aromatic carbocycles. The molecule has 2 rings (SSSR count). The maximum Gasteiger partial charge on any atom is -0.00209 e. The Balaban J connectivity index is 1.90. The summed E-state index contributed by atoms with van der Waals surface area (Å²) in [7, 11) is 2.10. The van der Waals surface area contributed by atoms with Crippen molar-refractivity contribution in [2.75, 3.05) is 13.6 Å². The van der Waals surface area contributed by atoms with Crippen LogP contribution in [0.25, 0.3) is 0 Å². The zero-order valence-electron chi connectivity index (χ0n) is 12.7. The van der Waals surface area contributed by atoms with Crippen LogP contribution in [-0.2, 0) is 6.42 Å². The Morgan fingerprint density at radius 1 is 1.32 bits per heavy atom. The lowest BCUT2D eigenvalue weighted by atomic mass is 9.69. The van der Waals surface area contributed by atoms with Gasteiger partial charge >= 0.3 is 0 Å². The van der Waals surface area contributed by atoms with Crippen molar-refractivity contribution >= 4 is 11.3 Å². The van der Waals surface area contributed by atoms with Crippen LogP contribution in [0.2, 0.25) is 0 Å². The second-order valence-electron chi connectivity index (χ2n) is 6.57. The zero-order chi connectivity index (χ0) is 13.7. The van der Waals surface area contributed by atoms with Crippen LogP contribution in [0.15, 0.2) is 16.8 Å². The number of nitrogens with one attached hydrogen (secondary N) is 1. The number of hydrogen-bond acceptors (Lipinski definition) is 2. The maximum absolute atomic E-state index is 3.41. The fourth-order valence-corrected chi connectivity index (χ4v) is 4.34. The monoisotopic (exact) mass is 279 g/mol. The molecule has 0 saturated heterocycles. The van der Waals surface area contributed by atoms with Crippen molar-refractivity contribution in [3.05, 3.63) is 22.4 Å². The van der Waals surface area contributed by atoms with Gasteiger partial charge in [0.1, 0.15) is 0 Å². The third kappa shape index (κ3) is 4.32. The Bertz CT molecular complexity index is 344. The molecule has 1 aromatic rings. The van der Waals surface area contributed by atoms with Crippen molar-refractivity contribution in [3.8, 4) is 0 Å². The molecule has 3 atom stereocenters. The summed E-state index contributed by atoms with van der Waals surface area (Å²) in [5.74, 6) is 3.65. The molecule has 0 spiro atoms. The van der Waals surface area contributed by atoms with Gasteiger partial charge in [-0.3, -0.25) is 0 Å². The summed E-state index contributed by atoms with van der Waals surface area (Å²) < 4.78 is 0. The smallest absolute Gasteiger partial charge is 0.00209 e. The molecule has 1 saturated carbocycles. The summed E-state index contributed by atoms with van der Waals surface area (Å²) in [4.78, 5) is 0. The van der Waals surface area contributed by atoms with Crippen molar-refractivity contribution in [2.45, 2.75) is 46.0 Å². The van der Waals surface area contributed by atoms with Crippen molar-refractivity contribution in [1.29, 1.82) is 0 Å². The predicted octanol–water partition coefficient (Wildman–Crippen LogP) is 4.59. The van der Waals surface area contributed by atoms with Crippen LogP contribution in [0.1, 0.15) is 45.1 Å². The molecule has 0 bridgehead atoms. The average molecular weight is 279 g/mol. The number of thiophene rings is 1. The molecule has 1 aliphatic rings. The largest absolute Gasteiger partial charge is 0.319 e. The van der Waals surface area contributed by atoms with Gasteiger partial charge in [-0.2, -0.15) is 11.3 Å². The highest BCUT2D eigenvalue weighted by Crippen LogP contribution is 2.39. The fourth-order valence-electron chi connectivity index (χ4n) is 3.64. The third-order valence-electron chi connectivity index (χ3n) is 4.97. The number of aryl methyl sites for hydroxylation is 1. The van der Waals surface area contributed by atoms with Crippen LogP contribution in [0, 0.1) is 23.7 Å². The van der Waals surface area contributed by atoms with Crippen molar-refractivity contribution < 1.29 is 0 Å².